The van der Waals surface area contributed by atoms with Gasteiger partial charge < -0.3 is 4.98 Å². The molecule has 2 heterocycles. The molecule has 0 spiro atoms. The van der Waals surface area contributed by atoms with Gasteiger partial charge in [0, 0.05) is 43.0 Å². The van der Waals surface area contributed by atoms with Gasteiger partial charge in [0.25, 0.3) is 5.82 Å². The van der Waals surface area contributed by atoms with E-state index in [-0.39, 0.29) is 28.0 Å². The summed E-state index contributed by atoms with van der Waals surface area (Å²) in [5, 5.41) is 0.0571. The van der Waals surface area contributed by atoms with Crippen molar-refractivity contribution < 1.29 is 17.6 Å². The molecule has 148 valence electrons. The van der Waals surface area contributed by atoms with Crippen molar-refractivity contribution in [1.82, 2.24) is 9.97 Å². The maximum absolute atomic E-state index is 14.2. The van der Waals surface area contributed by atoms with Crippen LogP contribution in [0.4, 0.5) is 14.6 Å². The molecule has 28 heavy (non-hydrogen) atoms. The number of imidazole rings is 1. The monoisotopic (exact) mass is 426 g/mol. The number of pyridine rings is 1. The number of aryl methyl sites for hydroxylation is 1. The van der Waals surface area contributed by atoms with E-state index < -0.39 is 21.4 Å². The largest absolute Gasteiger partial charge is 0.345 e. The quantitative estimate of drug-likeness (QED) is 0.557. The average Bonchev–Trinajstić information content (AvgIpc) is 2.96. The number of nitrogen functional groups attached to an aromatic ring is 1. The molecule has 0 saturated carbocycles. The third-order valence-electron chi connectivity index (χ3n) is 4.32. The van der Waals surface area contributed by atoms with Crippen molar-refractivity contribution >= 4 is 27.1 Å². The Bertz CT molecular complexity index is 1190. The zero-order valence-corrected chi connectivity index (χ0v) is 17.0. The summed E-state index contributed by atoms with van der Waals surface area (Å²) in [4.78, 5) is 7.25. The minimum Gasteiger partial charge on any atom is -0.345 e. The molecule has 3 rings (SSSR count). The van der Waals surface area contributed by atoms with E-state index in [1.807, 2.05) is 0 Å². The second-order valence-electron chi connectivity index (χ2n) is 6.56. The number of aromatic nitrogens is 3. The van der Waals surface area contributed by atoms with Gasteiger partial charge in [0.05, 0.1) is 14.8 Å². The number of nitrogens with zero attached hydrogens (tertiary/aromatic N) is 2. The van der Waals surface area contributed by atoms with E-state index >= 15 is 0 Å². The molecule has 0 bridgehead atoms. The smallest absolute Gasteiger partial charge is 0.277 e. The number of nitrogens with one attached hydrogen (secondary N) is 2. The number of rotatable bonds is 4. The van der Waals surface area contributed by atoms with Crippen LogP contribution in [0.2, 0.25) is 5.02 Å². The Morgan fingerprint density at radius 2 is 1.96 bits per heavy atom. The van der Waals surface area contributed by atoms with Crippen molar-refractivity contribution in [2.75, 3.05) is 12.0 Å². The lowest BCUT2D eigenvalue weighted by molar-refractivity contribution is -0.589. The Labute approximate surface area is 166 Å². The van der Waals surface area contributed by atoms with Crippen molar-refractivity contribution in [3.63, 3.8) is 0 Å². The molecule has 0 amide bonds. The van der Waals surface area contributed by atoms with Crippen molar-refractivity contribution in [2.24, 2.45) is 0 Å². The van der Waals surface area contributed by atoms with Crippen LogP contribution in [0.5, 0.6) is 0 Å². The predicted molar refractivity (Wildman–Crippen MR) is 103 cm³/mol. The fourth-order valence-electron chi connectivity index (χ4n) is 3.05. The summed E-state index contributed by atoms with van der Waals surface area (Å²) in [5.74, 6) is -0.519. The SMILES string of the molecule is Cc1[nH]c(Cc2cc(Cl)c(F)cc2-[n+]2c(N)ccc(F)c2C)nc1[S@](C)(=N)=O. The van der Waals surface area contributed by atoms with Gasteiger partial charge in [-0.15, -0.1) is 0 Å². The molecule has 0 radical (unpaired) electrons. The summed E-state index contributed by atoms with van der Waals surface area (Å²) in [7, 11) is -3.00. The molecule has 0 aliphatic heterocycles. The number of benzene rings is 1. The summed E-state index contributed by atoms with van der Waals surface area (Å²) in [6.07, 6.45) is 1.45. The molecule has 1 aromatic carbocycles. The fourth-order valence-corrected chi connectivity index (χ4v) is 4.15. The predicted octanol–water partition coefficient (Wildman–Crippen LogP) is 3.44. The second kappa shape index (κ2) is 7.14. The molecular weight excluding hydrogens is 408 g/mol. The topological polar surface area (TPSA) is 99.5 Å². The third-order valence-corrected chi connectivity index (χ3v) is 5.74. The molecule has 0 saturated heterocycles. The summed E-state index contributed by atoms with van der Waals surface area (Å²) < 4.78 is 49.5. The lowest BCUT2D eigenvalue weighted by atomic mass is 10.1. The summed E-state index contributed by atoms with van der Waals surface area (Å²) in [5.41, 5.74) is 7.59. The summed E-state index contributed by atoms with van der Waals surface area (Å²) >= 11 is 5.96. The molecule has 0 unspecified atom stereocenters. The van der Waals surface area contributed by atoms with Gasteiger partial charge in [-0.3, -0.25) is 5.73 Å². The van der Waals surface area contributed by atoms with Crippen LogP contribution in [0, 0.1) is 30.3 Å². The second-order valence-corrected chi connectivity index (χ2v) is 9.04. The average molecular weight is 427 g/mol. The van der Waals surface area contributed by atoms with Gasteiger partial charge in [0.1, 0.15) is 23.0 Å². The highest BCUT2D eigenvalue weighted by Gasteiger charge is 2.22. The first kappa shape index (κ1) is 20.2. The lowest BCUT2D eigenvalue weighted by Crippen LogP contribution is -2.40. The number of nitrogens with two attached hydrogens (primary N) is 1. The first-order chi connectivity index (χ1) is 13.0. The molecule has 4 N–H and O–H groups in total. The number of anilines is 1. The Kier molecular flexibility index (Phi) is 5.16. The van der Waals surface area contributed by atoms with Gasteiger partial charge >= 0.3 is 0 Å². The maximum atomic E-state index is 14.2. The first-order valence-corrected chi connectivity index (χ1v) is 10.6. The fraction of sp³-hybridized carbons (Fsp3) is 0.222. The van der Waals surface area contributed by atoms with Gasteiger partial charge in [-0.2, -0.15) is 4.57 Å². The van der Waals surface area contributed by atoms with E-state index in [1.165, 1.54) is 42.0 Å². The third kappa shape index (κ3) is 3.72. The van der Waals surface area contributed by atoms with E-state index in [0.717, 1.165) is 0 Å². The Hall–Kier alpha value is -2.52. The van der Waals surface area contributed by atoms with E-state index in [0.29, 0.717) is 22.8 Å². The Morgan fingerprint density at radius 1 is 1.29 bits per heavy atom. The Balaban J connectivity index is 2.19. The van der Waals surface area contributed by atoms with Crippen LogP contribution in [0.15, 0.2) is 29.3 Å². The number of hydrogen-bond acceptors (Lipinski definition) is 4. The van der Waals surface area contributed by atoms with Crippen LogP contribution < -0.4 is 10.3 Å². The normalized spacial score (nSPS) is 13.5. The van der Waals surface area contributed by atoms with Crippen LogP contribution in [0.3, 0.4) is 0 Å². The van der Waals surface area contributed by atoms with Crippen molar-refractivity contribution in [1.29, 1.82) is 4.78 Å². The van der Waals surface area contributed by atoms with Crippen LogP contribution in [-0.4, -0.2) is 20.4 Å². The zero-order valence-electron chi connectivity index (χ0n) is 15.4. The highest BCUT2D eigenvalue weighted by atomic mass is 35.5. The van der Waals surface area contributed by atoms with Crippen molar-refractivity contribution in [2.45, 2.75) is 25.3 Å². The van der Waals surface area contributed by atoms with E-state index in [9.17, 15) is 13.0 Å². The van der Waals surface area contributed by atoms with Gasteiger partial charge in [0.2, 0.25) is 0 Å². The van der Waals surface area contributed by atoms with Crippen molar-refractivity contribution in [3.05, 3.63) is 63.7 Å². The van der Waals surface area contributed by atoms with E-state index in [4.69, 9.17) is 22.1 Å². The van der Waals surface area contributed by atoms with E-state index in [2.05, 4.69) is 9.97 Å². The maximum Gasteiger partial charge on any atom is 0.277 e. The number of aromatic amines is 1. The minimum atomic E-state index is -3.00. The van der Waals surface area contributed by atoms with Gasteiger partial charge in [-0.05, 0) is 19.1 Å². The van der Waals surface area contributed by atoms with Gasteiger partial charge in [0.15, 0.2) is 10.8 Å². The number of H-pyrrole nitrogens is 1. The lowest BCUT2D eigenvalue weighted by Gasteiger charge is -2.12. The summed E-state index contributed by atoms with van der Waals surface area (Å²) in [6.45, 7) is 3.20. The number of hydrogen-bond donors (Lipinski definition) is 3. The Morgan fingerprint density at radius 3 is 2.57 bits per heavy atom. The van der Waals surface area contributed by atoms with Crippen LogP contribution in [-0.2, 0) is 16.1 Å². The highest BCUT2D eigenvalue weighted by Crippen LogP contribution is 2.25. The first-order valence-electron chi connectivity index (χ1n) is 8.23. The number of halogens is 3. The molecule has 10 heteroatoms. The zero-order chi connectivity index (χ0) is 20.8. The highest BCUT2D eigenvalue weighted by molar-refractivity contribution is 7.91. The van der Waals surface area contributed by atoms with Crippen LogP contribution >= 0.6 is 11.6 Å². The molecule has 0 fully saturated rings. The van der Waals surface area contributed by atoms with Crippen LogP contribution in [0.1, 0.15) is 22.8 Å². The molecule has 3 aromatic rings. The molecule has 0 aliphatic rings. The molecule has 0 aliphatic carbocycles. The summed E-state index contributed by atoms with van der Waals surface area (Å²) in [6, 6.07) is 5.23. The van der Waals surface area contributed by atoms with Gasteiger partial charge in [-0.1, -0.05) is 11.6 Å². The standard InChI is InChI=1S/C18H18ClF2N5OS/c1-9-18(28(3,23)27)25-17(24-9)7-11-6-12(19)14(21)8-15(11)26-10(2)13(20)4-5-16(26)22/h4-6,8,22H,7H2,1-3H3,(H2,23,24,25,27)/p+1/t28-/m1/s1. The molecule has 6 nitrogen and oxygen atoms in total. The molecular formula is C18H19ClF2N5OS+. The van der Waals surface area contributed by atoms with Gasteiger partial charge in [-0.25, -0.2) is 22.8 Å². The molecule has 1 atom stereocenters. The molecule has 2 aromatic heterocycles. The van der Waals surface area contributed by atoms with E-state index in [1.54, 1.807) is 6.92 Å². The minimum absolute atomic E-state index is 0.102. The van der Waals surface area contributed by atoms with Crippen molar-refractivity contribution in [3.8, 4) is 5.69 Å². The van der Waals surface area contributed by atoms with Crippen LogP contribution in [0.25, 0.3) is 5.69 Å².